The van der Waals surface area contributed by atoms with E-state index in [9.17, 15) is 9.90 Å². The van der Waals surface area contributed by atoms with Gasteiger partial charge < -0.3 is 5.11 Å². The van der Waals surface area contributed by atoms with Crippen molar-refractivity contribution in [3.05, 3.63) is 17.8 Å². The Kier molecular flexibility index (Phi) is 3.54. The second-order valence-corrected chi connectivity index (χ2v) is 6.05. The summed E-state index contributed by atoms with van der Waals surface area (Å²) in [6, 6.07) is 1.90. The molecule has 0 saturated heterocycles. The fourth-order valence-electron chi connectivity index (χ4n) is 2.56. The molecule has 0 aromatic carbocycles. The number of carbonyl (C=O) groups excluding carboxylic acids is 1. The number of thiophene rings is 1. The number of aromatic nitrogens is 2. The maximum Gasteiger partial charge on any atom is 0.241 e. The van der Waals surface area contributed by atoms with Crippen LogP contribution in [0.5, 0.6) is 0 Å². The number of fused-ring (bicyclic) bond motifs is 1. The normalized spacial score (nSPS) is 17.2. The number of carbonyl (C=O) groups is 1. The molecular weight excluding hydrogens is 276 g/mol. The van der Waals surface area contributed by atoms with Gasteiger partial charge in [-0.2, -0.15) is 0 Å². The highest BCUT2D eigenvalue weighted by Crippen LogP contribution is 2.32. The van der Waals surface area contributed by atoms with E-state index in [1.54, 1.807) is 0 Å². The maximum atomic E-state index is 11.9. The molecule has 1 saturated carbocycles. The van der Waals surface area contributed by atoms with E-state index in [4.69, 9.17) is 0 Å². The second kappa shape index (κ2) is 5.34. The van der Waals surface area contributed by atoms with E-state index in [-0.39, 0.29) is 12.3 Å². The first kappa shape index (κ1) is 13.3. The summed E-state index contributed by atoms with van der Waals surface area (Å²) in [5, 5.41) is 12.1. The molecular formula is C13H16N4O2S. The molecule has 0 unspecified atom stereocenters. The minimum absolute atomic E-state index is 0.124. The van der Waals surface area contributed by atoms with Gasteiger partial charge in [-0.05, 0) is 24.3 Å². The highest BCUT2D eigenvalue weighted by atomic mass is 32.1. The zero-order valence-corrected chi connectivity index (χ0v) is 11.7. The first-order valence-electron chi connectivity index (χ1n) is 6.62. The van der Waals surface area contributed by atoms with Crippen LogP contribution >= 0.6 is 11.3 Å². The van der Waals surface area contributed by atoms with Crippen LogP contribution in [0.1, 0.15) is 32.1 Å². The number of hydrogen-bond acceptors (Lipinski definition) is 6. The van der Waals surface area contributed by atoms with E-state index in [1.807, 2.05) is 11.4 Å². The zero-order valence-electron chi connectivity index (χ0n) is 10.9. The molecule has 3 N–H and O–H groups in total. The van der Waals surface area contributed by atoms with Crippen LogP contribution in [0, 0.1) is 0 Å². The molecule has 7 heteroatoms. The van der Waals surface area contributed by atoms with Gasteiger partial charge in [-0.1, -0.05) is 12.8 Å². The molecule has 3 rings (SSSR count). The molecule has 1 aliphatic carbocycles. The van der Waals surface area contributed by atoms with Crippen molar-refractivity contribution >= 4 is 33.3 Å². The zero-order chi connectivity index (χ0) is 14.0. The molecule has 0 spiro atoms. The molecule has 1 amide bonds. The average molecular weight is 292 g/mol. The summed E-state index contributed by atoms with van der Waals surface area (Å²) in [4.78, 5) is 20.1. The van der Waals surface area contributed by atoms with Crippen LogP contribution in [-0.2, 0) is 4.79 Å². The number of hydrazine groups is 1. The van der Waals surface area contributed by atoms with Crippen molar-refractivity contribution < 1.29 is 9.90 Å². The van der Waals surface area contributed by atoms with Gasteiger partial charge in [0.05, 0.1) is 22.2 Å². The fourth-order valence-corrected chi connectivity index (χ4v) is 3.35. The van der Waals surface area contributed by atoms with Gasteiger partial charge in [-0.15, -0.1) is 11.3 Å². The summed E-state index contributed by atoms with van der Waals surface area (Å²) >= 11 is 1.51. The molecule has 1 aliphatic rings. The van der Waals surface area contributed by atoms with E-state index in [2.05, 4.69) is 20.8 Å². The quantitative estimate of drug-likeness (QED) is 0.748. The summed E-state index contributed by atoms with van der Waals surface area (Å²) in [5.74, 6) is 0.356. The Bertz CT molecular complexity index is 622. The summed E-state index contributed by atoms with van der Waals surface area (Å²) in [6.45, 7) is 0. The Hall–Kier alpha value is -1.73. The van der Waals surface area contributed by atoms with Gasteiger partial charge in [-0.3, -0.25) is 15.6 Å². The highest BCUT2D eigenvalue weighted by molar-refractivity contribution is 7.17. The SMILES string of the molecule is O=C(CC1(O)CCCC1)NNc1ncnc2ccsc12. The topological polar surface area (TPSA) is 87.1 Å². The lowest BCUT2D eigenvalue weighted by Crippen LogP contribution is -2.37. The van der Waals surface area contributed by atoms with Gasteiger partial charge in [0.15, 0.2) is 5.82 Å². The first-order valence-corrected chi connectivity index (χ1v) is 7.50. The van der Waals surface area contributed by atoms with Gasteiger partial charge in [0, 0.05) is 0 Å². The molecule has 0 aliphatic heterocycles. The van der Waals surface area contributed by atoms with Crippen molar-refractivity contribution in [3.8, 4) is 0 Å². The predicted molar refractivity (Wildman–Crippen MR) is 77.2 cm³/mol. The van der Waals surface area contributed by atoms with Crippen molar-refractivity contribution in [2.45, 2.75) is 37.7 Å². The van der Waals surface area contributed by atoms with Gasteiger partial charge in [-0.25, -0.2) is 9.97 Å². The van der Waals surface area contributed by atoms with E-state index in [1.165, 1.54) is 17.7 Å². The predicted octanol–water partition coefficient (Wildman–Crippen LogP) is 1.83. The van der Waals surface area contributed by atoms with Crippen molar-refractivity contribution in [2.75, 3.05) is 5.43 Å². The Morgan fingerprint density at radius 2 is 2.20 bits per heavy atom. The first-order chi connectivity index (χ1) is 9.66. The van der Waals surface area contributed by atoms with Crippen LogP contribution in [0.2, 0.25) is 0 Å². The smallest absolute Gasteiger partial charge is 0.241 e. The van der Waals surface area contributed by atoms with Gasteiger partial charge in [0.25, 0.3) is 0 Å². The molecule has 1 fully saturated rings. The third-order valence-corrected chi connectivity index (χ3v) is 4.50. The second-order valence-electron chi connectivity index (χ2n) is 5.14. The molecule has 6 nitrogen and oxygen atoms in total. The van der Waals surface area contributed by atoms with E-state index < -0.39 is 5.60 Å². The van der Waals surface area contributed by atoms with Gasteiger partial charge in [0.2, 0.25) is 5.91 Å². The van der Waals surface area contributed by atoms with Gasteiger partial charge >= 0.3 is 0 Å². The number of aliphatic hydroxyl groups is 1. The molecule has 0 bridgehead atoms. The number of amides is 1. The number of nitrogens with one attached hydrogen (secondary N) is 2. The summed E-state index contributed by atoms with van der Waals surface area (Å²) < 4.78 is 0.896. The van der Waals surface area contributed by atoms with Crippen molar-refractivity contribution in [1.29, 1.82) is 0 Å². The average Bonchev–Trinajstić information content (AvgIpc) is 3.05. The van der Waals surface area contributed by atoms with Crippen LogP contribution < -0.4 is 10.9 Å². The largest absolute Gasteiger partial charge is 0.389 e. The Morgan fingerprint density at radius 1 is 1.40 bits per heavy atom. The van der Waals surface area contributed by atoms with Crippen molar-refractivity contribution in [1.82, 2.24) is 15.4 Å². The minimum Gasteiger partial charge on any atom is -0.389 e. The molecule has 0 radical (unpaired) electrons. The van der Waals surface area contributed by atoms with Crippen LogP contribution in [0.4, 0.5) is 5.82 Å². The van der Waals surface area contributed by atoms with Crippen LogP contribution in [-0.4, -0.2) is 26.6 Å². The molecule has 2 heterocycles. The third kappa shape index (κ3) is 2.73. The summed E-state index contributed by atoms with van der Waals surface area (Å²) in [5.41, 5.74) is 5.42. The number of hydrogen-bond donors (Lipinski definition) is 3. The standard InChI is InChI=1S/C13H16N4O2S/c18-10(7-13(19)4-1-2-5-13)16-17-12-11-9(3-6-20-11)14-8-15-12/h3,6,8,19H,1-2,4-5,7H2,(H,16,18)(H,14,15,17). The minimum atomic E-state index is -0.838. The number of anilines is 1. The maximum absolute atomic E-state index is 11.9. The Balaban J connectivity index is 1.61. The lowest BCUT2D eigenvalue weighted by atomic mass is 9.98. The number of nitrogens with zero attached hydrogens (tertiary/aromatic N) is 2. The lowest BCUT2D eigenvalue weighted by Gasteiger charge is -2.21. The Morgan fingerprint density at radius 3 is 3.00 bits per heavy atom. The summed E-state index contributed by atoms with van der Waals surface area (Å²) in [7, 11) is 0. The Labute approximate surface area is 120 Å². The number of rotatable bonds is 4. The van der Waals surface area contributed by atoms with Crippen molar-refractivity contribution in [2.24, 2.45) is 0 Å². The molecule has 106 valence electrons. The highest BCUT2D eigenvalue weighted by Gasteiger charge is 2.33. The molecule has 2 aromatic rings. The van der Waals surface area contributed by atoms with Crippen molar-refractivity contribution in [3.63, 3.8) is 0 Å². The molecule has 20 heavy (non-hydrogen) atoms. The van der Waals surface area contributed by atoms with E-state index >= 15 is 0 Å². The summed E-state index contributed by atoms with van der Waals surface area (Å²) in [6.07, 6.45) is 4.94. The molecule has 0 atom stereocenters. The van der Waals surface area contributed by atoms with Crippen LogP contribution in [0.15, 0.2) is 17.8 Å². The third-order valence-electron chi connectivity index (χ3n) is 3.59. The fraction of sp³-hybridized carbons (Fsp3) is 0.462. The monoisotopic (exact) mass is 292 g/mol. The lowest BCUT2D eigenvalue weighted by molar-refractivity contribution is -0.125. The van der Waals surface area contributed by atoms with E-state index in [0.717, 1.165) is 23.1 Å². The van der Waals surface area contributed by atoms with Gasteiger partial charge in [0.1, 0.15) is 6.33 Å². The van der Waals surface area contributed by atoms with E-state index in [0.29, 0.717) is 18.7 Å². The van der Waals surface area contributed by atoms with Crippen LogP contribution in [0.3, 0.4) is 0 Å². The molecule has 2 aromatic heterocycles. The van der Waals surface area contributed by atoms with Crippen LogP contribution in [0.25, 0.3) is 10.2 Å².